The van der Waals surface area contributed by atoms with Crippen LogP contribution < -0.4 is 5.32 Å². The molecule has 21 heavy (non-hydrogen) atoms. The highest BCUT2D eigenvalue weighted by Gasteiger charge is 2.20. The first-order chi connectivity index (χ1) is 10.2. The van der Waals surface area contributed by atoms with Crippen LogP contribution in [0.15, 0.2) is 24.3 Å². The van der Waals surface area contributed by atoms with Gasteiger partial charge in [-0.25, -0.2) is 4.98 Å². The summed E-state index contributed by atoms with van der Waals surface area (Å²) < 4.78 is 1.89. The molecule has 1 aromatic heterocycles. The minimum atomic E-state index is 0.546. The molecule has 5 heteroatoms. The Balaban J connectivity index is 1.66. The van der Waals surface area contributed by atoms with Crippen molar-refractivity contribution in [2.24, 2.45) is 7.05 Å². The van der Waals surface area contributed by atoms with Gasteiger partial charge in [-0.15, -0.1) is 0 Å². The van der Waals surface area contributed by atoms with Crippen LogP contribution in [-0.4, -0.2) is 14.8 Å². The summed E-state index contributed by atoms with van der Waals surface area (Å²) in [5, 5.41) is 8.69. The Morgan fingerprint density at radius 3 is 2.86 bits per heavy atom. The lowest BCUT2D eigenvalue weighted by Gasteiger charge is -2.18. The third-order valence-electron chi connectivity index (χ3n) is 4.12. The summed E-state index contributed by atoms with van der Waals surface area (Å²) in [7, 11) is 1.97. The number of halogens is 1. The monoisotopic (exact) mass is 304 g/mol. The smallest absolute Gasteiger partial charge is 0.154 e. The van der Waals surface area contributed by atoms with Crippen molar-refractivity contribution in [2.75, 3.05) is 5.32 Å². The molecule has 1 aromatic carbocycles. The van der Waals surface area contributed by atoms with Crippen LogP contribution in [0.4, 0.5) is 5.69 Å². The number of nitrogens with zero attached hydrogens (tertiary/aromatic N) is 3. The van der Waals surface area contributed by atoms with Gasteiger partial charge in [0.1, 0.15) is 5.82 Å². The molecule has 4 nitrogen and oxygen atoms in total. The largest absolute Gasteiger partial charge is 0.378 e. The van der Waals surface area contributed by atoms with Gasteiger partial charge in [0.15, 0.2) is 5.82 Å². The van der Waals surface area contributed by atoms with E-state index in [0.29, 0.717) is 12.5 Å². The zero-order valence-electron chi connectivity index (χ0n) is 12.3. The van der Waals surface area contributed by atoms with Gasteiger partial charge in [0.05, 0.1) is 6.54 Å². The second-order valence-corrected chi connectivity index (χ2v) is 6.15. The zero-order chi connectivity index (χ0) is 14.7. The molecule has 112 valence electrons. The first-order valence-electron chi connectivity index (χ1n) is 7.61. The summed E-state index contributed by atoms with van der Waals surface area (Å²) in [6.45, 7) is 0.663. The summed E-state index contributed by atoms with van der Waals surface area (Å²) in [4.78, 5) is 4.73. The highest BCUT2D eigenvalue weighted by molar-refractivity contribution is 6.30. The Hall–Kier alpha value is -1.55. The van der Waals surface area contributed by atoms with E-state index in [4.69, 9.17) is 16.6 Å². The quantitative estimate of drug-likeness (QED) is 0.923. The third kappa shape index (κ3) is 3.56. The standard InChI is InChI=1S/C16H21ClN4/c1-21-15(11-18-14-9-5-8-13(17)10-14)19-16(20-21)12-6-3-2-4-7-12/h5,8-10,12,18H,2-4,6-7,11H2,1H3. The molecule has 3 rings (SSSR count). The van der Waals surface area contributed by atoms with Crippen molar-refractivity contribution >= 4 is 17.3 Å². The number of hydrogen-bond donors (Lipinski definition) is 1. The molecule has 1 aliphatic carbocycles. The maximum atomic E-state index is 5.99. The van der Waals surface area contributed by atoms with Crippen molar-refractivity contribution in [3.63, 3.8) is 0 Å². The van der Waals surface area contributed by atoms with E-state index in [2.05, 4.69) is 10.4 Å². The van der Waals surface area contributed by atoms with Crippen molar-refractivity contribution in [2.45, 2.75) is 44.6 Å². The average molecular weight is 305 g/mol. The van der Waals surface area contributed by atoms with Gasteiger partial charge in [0.2, 0.25) is 0 Å². The van der Waals surface area contributed by atoms with E-state index in [1.807, 2.05) is 36.0 Å². The fraction of sp³-hybridized carbons (Fsp3) is 0.500. The van der Waals surface area contributed by atoms with Crippen molar-refractivity contribution in [1.29, 1.82) is 0 Å². The second-order valence-electron chi connectivity index (χ2n) is 5.71. The topological polar surface area (TPSA) is 42.7 Å². The normalized spacial score (nSPS) is 16.1. The molecule has 1 heterocycles. The predicted octanol–water partition coefficient (Wildman–Crippen LogP) is 4.13. The van der Waals surface area contributed by atoms with Crippen LogP contribution in [0.25, 0.3) is 0 Å². The molecule has 0 saturated heterocycles. The molecule has 0 radical (unpaired) electrons. The Bertz CT molecular complexity index is 602. The van der Waals surface area contributed by atoms with Crippen molar-refractivity contribution in [1.82, 2.24) is 14.8 Å². The van der Waals surface area contributed by atoms with Crippen LogP contribution in [0.2, 0.25) is 5.02 Å². The van der Waals surface area contributed by atoms with Crippen LogP contribution in [0.5, 0.6) is 0 Å². The molecule has 1 aliphatic rings. The summed E-state index contributed by atoms with van der Waals surface area (Å²) in [5.74, 6) is 2.53. The Labute approximate surface area is 130 Å². The van der Waals surface area contributed by atoms with Gasteiger partial charge in [0.25, 0.3) is 0 Å². The lowest BCUT2D eigenvalue weighted by molar-refractivity contribution is 0.427. The van der Waals surface area contributed by atoms with Crippen LogP contribution in [0.3, 0.4) is 0 Å². The zero-order valence-corrected chi connectivity index (χ0v) is 13.1. The first-order valence-corrected chi connectivity index (χ1v) is 7.99. The lowest BCUT2D eigenvalue weighted by atomic mass is 9.89. The lowest BCUT2D eigenvalue weighted by Crippen LogP contribution is -2.06. The van der Waals surface area contributed by atoms with E-state index in [1.54, 1.807) is 0 Å². The van der Waals surface area contributed by atoms with Crippen molar-refractivity contribution in [3.8, 4) is 0 Å². The van der Waals surface area contributed by atoms with Crippen LogP contribution >= 0.6 is 11.6 Å². The summed E-state index contributed by atoms with van der Waals surface area (Å²) in [6.07, 6.45) is 6.42. The highest BCUT2D eigenvalue weighted by Crippen LogP contribution is 2.30. The van der Waals surface area contributed by atoms with Crippen molar-refractivity contribution < 1.29 is 0 Å². The Kier molecular flexibility index (Phi) is 4.44. The second kappa shape index (κ2) is 6.48. The number of hydrogen-bond acceptors (Lipinski definition) is 3. The number of aromatic nitrogens is 3. The molecule has 2 aromatic rings. The van der Waals surface area contributed by atoms with E-state index in [-0.39, 0.29) is 0 Å². The Morgan fingerprint density at radius 1 is 1.29 bits per heavy atom. The van der Waals surface area contributed by atoms with E-state index in [1.165, 1.54) is 32.1 Å². The Morgan fingerprint density at radius 2 is 2.10 bits per heavy atom. The molecule has 0 atom stereocenters. The molecule has 0 bridgehead atoms. The first kappa shape index (κ1) is 14.4. The fourth-order valence-corrected chi connectivity index (χ4v) is 3.10. The number of nitrogens with one attached hydrogen (secondary N) is 1. The maximum absolute atomic E-state index is 5.99. The van der Waals surface area contributed by atoms with Gasteiger partial charge in [0, 0.05) is 23.7 Å². The molecule has 1 N–H and O–H groups in total. The van der Waals surface area contributed by atoms with Gasteiger partial charge >= 0.3 is 0 Å². The third-order valence-corrected chi connectivity index (χ3v) is 4.35. The van der Waals surface area contributed by atoms with E-state index in [0.717, 1.165) is 22.4 Å². The number of rotatable bonds is 4. The minimum Gasteiger partial charge on any atom is -0.378 e. The van der Waals surface area contributed by atoms with Gasteiger partial charge in [-0.3, -0.25) is 4.68 Å². The predicted molar refractivity (Wildman–Crippen MR) is 85.6 cm³/mol. The molecule has 0 amide bonds. The maximum Gasteiger partial charge on any atom is 0.154 e. The molecular weight excluding hydrogens is 284 g/mol. The molecule has 1 saturated carbocycles. The van der Waals surface area contributed by atoms with E-state index < -0.39 is 0 Å². The van der Waals surface area contributed by atoms with Gasteiger partial charge < -0.3 is 5.32 Å². The summed E-state index contributed by atoms with van der Waals surface area (Å²) in [6, 6.07) is 7.73. The number of aryl methyl sites for hydroxylation is 1. The van der Waals surface area contributed by atoms with Crippen LogP contribution in [0, 0.1) is 0 Å². The number of anilines is 1. The SMILES string of the molecule is Cn1nc(C2CCCCC2)nc1CNc1cccc(Cl)c1. The van der Waals surface area contributed by atoms with Gasteiger partial charge in [-0.05, 0) is 31.0 Å². The highest BCUT2D eigenvalue weighted by atomic mass is 35.5. The van der Waals surface area contributed by atoms with E-state index in [9.17, 15) is 0 Å². The summed E-state index contributed by atoms with van der Waals surface area (Å²) in [5.41, 5.74) is 1.00. The molecular formula is C16H21ClN4. The minimum absolute atomic E-state index is 0.546. The molecule has 0 aliphatic heterocycles. The van der Waals surface area contributed by atoms with Crippen LogP contribution in [0.1, 0.15) is 49.7 Å². The molecule has 1 fully saturated rings. The molecule has 0 spiro atoms. The number of benzene rings is 1. The van der Waals surface area contributed by atoms with Gasteiger partial charge in [-0.2, -0.15) is 5.10 Å². The van der Waals surface area contributed by atoms with Gasteiger partial charge in [-0.1, -0.05) is 36.9 Å². The average Bonchev–Trinajstić information content (AvgIpc) is 2.87. The van der Waals surface area contributed by atoms with Crippen LogP contribution in [-0.2, 0) is 13.6 Å². The molecule has 0 unspecified atom stereocenters. The summed E-state index contributed by atoms with van der Waals surface area (Å²) >= 11 is 5.99. The van der Waals surface area contributed by atoms with Crippen molar-refractivity contribution in [3.05, 3.63) is 40.9 Å². The van der Waals surface area contributed by atoms with E-state index >= 15 is 0 Å². The fourth-order valence-electron chi connectivity index (χ4n) is 2.91.